The Morgan fingerprint density at radius 2 is 0.520 bits per heavy atom. The molecule has 0 fully saturated rings. The van der Waals surface area contributed by atoms with Gasteiger partial charge < -0.3 is 27.0 Å². The van der Waals surface area contributed by atoms with Crippen molar-refractivity contribution < 1.29 is 13.3 Å². The lowest BCUT2D eigenvalue weighted by molar-refractivity contribution is 0.660. The zero-order chi connectivity index (χ0) is 81.9. The van der Waals surface area contributed by atoms with E-state index < -0.39 is 16.1 Å². The minimum atomic E-state index is -1.95. The third-order valence-corrected chi connectivity index (χ3v) is 34.3. The highest BCUT2D eigenvalue weighted by Gasteiger charge is 2.41. The number of fused-ring (bicyclic) bond motifs is 27. The molecule has 0 bridgehead atoms. The van der Waals surface area contributed by atoms with Gasteiger partial charge in [-0.05, 0) is 256 Å². The predicted octanol–water partition coefficient (Wildman–Crippen LogP) is 27.1. The first-order valence-corrected chi connectivity index (χ1v) is 48.4. The van der Waals surface area contributed by atoms with E-state index in [1.54, 1.807) is 0 Å². The van der Waals surface area contributed by atoms with E-state index in [0.717, 1.165) is 66.2 Å². The Kier molecular flexibility index (Phi) is 15.3. The summed E-state index contributed by atoms with van der Waals surface area (Å²) in [7, 11) is -3.78. The van der Waals surface area contributed by atoms with Crippen molar-refractivity contribution in [3.05, 3.63) is 376 Å². The fourth-order valence-electron chi connectivity index (χ4n) is 21.1. The number of rotatable bonds is 6. The molecule has 11 heterocycles. The summed E-state index contributed by atoms with van der Waals surface area (Å²) in [6.45, 7) is 14.6. The van der Waals surface area contributed by atoms with Crippen molar-refractivity contribution in [2.24, 2.45) is 0 Å². The summed E-state index contributed by atoms with van der Waals surface area (Å²) in [5.74, 6) is 0. The number of aromatic nitrogens is 6. The molecule has 582 valence electrons. The molecule has 0 saturated heterocycles. The van der Waals surface area contributed by atoms with Gasteiger partial charge in [-0.15, -0.1) is 0 Å². The topological polar surface area (TPSA) is 92.9 Å². The number of hydrogen-bond acceptors (Lipinski definition) is 6. The molecule has 0 saturated carbocycles. The maximum absolute atomic E-state index is 6.04. The van der Waals surface area contributed by atoms with Crippen LogP contribution in [0.15, 0.2) is 378 Å². The smallest absolute Gasteiger partial charge is 0.153 e. The Morgan fingerprint density at radius 3 is 0.959 bits per heavy atom. The highest BCUT2D eigenvalue weighted by molar-refractivity contribution is 7.04. The summed E-state index contributed by atoms with van der Waals surface area (Å²) in [5.41, 5.74) is 36.9. The normalized spacial score (nSPS) is 13.8. The fraction of sp³-hybridized carbons (Fsp3) is 0.0625. The van der Waals surface area contributed by atoms with Crippen molar-refractivity contribution in [2.45, 2.75) is 45.5 Å². The third-order valence-electron chi connectivity index (χ3n) is 27.2. The van der Waals surface area contributed by atoms with Crippen molar-refractivity contribution in [1.29, 1.82) is 0 Å². The minimum Gasteiger partial charge on any atom is -0.454 e. The van der Waals surface area contributed by atoms with E-state index in [0.29, 0.717) is 0 Å². The molecule has 0 unspecified atom stereocenters. The van der Waals surface area contributed by atoms with Crippen LogP contribution in [0.3, 0.4) is 0 Å². The maximum Gasteiger partial charge on any atom is 0.153 e. The van der Waals surface area contributed by atoms with Crippen molar-refractivity contribution in [3.63, 3.8) is 0 Å². The number of furan rings is 3. The van der Waals surface area contributed by atoms with Crippen LogP contribution in [0, 0.1) is 0 Å². The molecule has 2 aliphatic heterocycles. The third kappa shape index (κ3) is 10.6. The Balaban J connectivity index is 0.000000101. The number of pyridine rings is 3. The van der Waals surface area contributed by atoms with Crippen molar-refractivity contribution >= 4 is 169 Å². The zero-order valence-corrected chi connectivity index (χ0v) is 70.5. The van der Waals surface area contributed by atoms with Crippen LogP contribution in [-0.4, -0.2) is 44.8 Å². The number of hydrogen-bond donors (Lipinski definition) is 0. The molecule has 0 radical (unpaired) electrons. The average molecular weight is 1610 g/mol. The Bertz CT molecular complexity index is 8160. The van der Waals surface area contributed by atoms with E-state index in [1.807, 2.05) is 55.0 Å². The molecular formula is C112H78N6O3Si2. The van der Waals surface area contributed by atoms with Gasteiger partial charge in [-0.25, -0.2) is 0 Å². The van der Waals surface area contributed by atoms with Crippen LogP contribution in [0.25, 0.3) is 215 Å². The number of nitrogens with zero attached hydrogens (tertiary/aromatic N) is 6. The summed E-state index contributed by atoms with van der Waals surface area (Å²) >= 11 is 0. The molecule has 0 spiro atoms. The highest BCUT2D eigenvalue weighted by Crippen LogP contribution is 2.52. The van der Waals surface area contributed by atoms with Crippen LogP contribution >= 0.6 is 0 Å². The van der Waals surface area contributed by atoms with E-state index in [1.165, 1.54) is 181 Å². The lowest BCUT2D eigenvalue weighted by Gasteiger charge is -2.22. The molecule has 27 rings (SSSR count). The SMILES string of the molecule is CC1(C)c2ccc(-c3ccc4oc5cccnc5c4c3)cc2-c2cc(-n3c4ccccc4c4ccccc43)ccc21.C[Si]1(C)c2cc(-c3ccc4oc5cccnc5c4c3)ccc2-c2ccc(-n3c4ccccc4c4ccccc43)cc21.C[Si]1(C)c2ccc(-c3ccc4oc5cccnc5c4c3)cc2-c2cc(-n3c4ccccc4c4ccccc43)ccc21. The van der Waals surface area contributed by atoms with Gasteiger partial charge in [0.25, 0.3) is 0 Å². The minimum absolute atomic E-state index is 0.0722. The van der Waals surface area contributed by atoms with Gasteiger partial charge >= 0.3 is 0 Å². The van der Waals surface area contributed by atoms with Crippen LogP contribution in [0.4, 0.5) is 0 Å². The van der Waals surface area contributed by atoms with Gasteiger partial charge in [0.1, 0.15) is 49.4 Å². The molecular weight excluding hydrogens is 1530 g/mol. The van der Waals surface area contributed by atoms with Gasteiger partial charge in [0, 0.05) is 89.5 Å². The Morgan fingerprint density at radius 1 is 0.228 bits per heavy atom. The zero-order valence-electron chi connectivity index (χ0n) is 68.5. The lowest BCUT2D eigenvalue weighted by Crippen LogP contribution is -2.49. The second-order valence-corrected chi connectivity index (χ2v) is 43.6. The molecule has 9 nitrogen and oxygen atoms in total. The molecule has 24 aromatic rings. The van der Waals surface area contributed by atoms with Crippen molar-refractivity contribution in [3.8, 4) is 83.8 Å². The van der Waals surface area contributed by atoms with Crippen molar-refractivity contribution in [1.82, 2.24) is 28.7 Å². The molecule has 123 heavy (non-hydrogen) atoms. The highest BCUT2D eigenvalue weighted by atomic mass is 28.3. The second-order valence-electron chi connectivity index (χ2n) is 34.9. The fourth-order valence-corrected chi connectivity index (χ4v) is 27.3. The van der Waals surface area contributed by atoms with Gasteiger partial charge in [0.15, 0.2) is 16.7 Å². The van der Waals surface area contributed by atoms with Gasteiger partial charge in [0.2, 0.25) is 0 Å². The standard InChI is InChI=1S/C38H26N2O.2C37H26N2OSi/c1-38(2)31-16-13-23(24-14-18-35-30(21-24)37-36(41-35)12-7-19-39-37)20-28(31)29-22-25(15-17-32(29)38)40-33-10-5-3-8-26(33)27-9-4-6-11-34(27)40;1-41(2)35-21-24(23-14-18-33-30(20-23)37-34(40-33)12-7-19-38-37)13-16-28(35)29-17-15-25(22-36(29)41)39-31-10-5-3-8-26(31)27-9-4-6-11-32(27)39;1-41(2)35-17-14-24(23-13-16-33-30(21-23)37-34(40-33)12-7-19-38-37)20-28(35)29-22-25(15-18-36(29)41)39-31-10-5-3-8-26(31)27-9-4-6-11-32(27)39/h3*3-22H,1-2H3. The summed E-state index contributed by atoms with van der Waals surface area (Å²) in [6.07, 6.45) is 5.49. The number of benzene rings is 15. The maximum atomic E-state index is 6.04. The van der Waals surface area contributed by atoms with Crippen LogP contribution in [0.1, 0.15) is 25.0 Å². The van der Waals surface area contributed by atoms with Gasteiger partial charge in [0.05, 0.1) is 33.1 Å². The van der Waals surface area contributed by atoms with Crippen LogP contribution in [0.2, 0.25) is 26.2 Å². The molecule has 0 atom stereocenters. The lowest BCUT2D eigenvalue weighted by atomic mass is 9.82. The largest absolute Gasteiger partial charge is 0.454 e. The van der Waals surface area contributed by atoms with Crippen LogP contribution < -0.4 is 20.7 Å². The molecule has 3 aliphatic rings. The second kappa shape index (κ2) is 26.5. The Labute approximate surface area is 710 Å². The predicted molar refractivity (Wildman–Crippen MR) is 516 cm³/mol. The van der Waals surface area contributed by atoms with Crippen molar-refractivity contribution in [2.75, 3.05) is 0 Å². The van der Waals surface area contributed by atoms with Gasteiger partial charge in [-0.3, -0.25) is 15.0 Å². The molecule has 0 amide bonds. The van der Waals surface area contributed by atoms with Gasteiger partial charge in [-0.1, -0.05) is 228 Å². The molecule has 9 aromatic heterocycles. The first kappa shape index (κ1) is 71.0. The van der Waals surface area contributed by atoms with E-state index in [4.69, 9.17) is 13.3 Å². The average Bonchev–Trinajstić information content (AvgIpc) is 1.57. The van der Waals surface area contributed by atoms with E-state index in [2.05, 4.69) is 378 Å². The van der Waals surface area contributed by atoms with Crippen LogP contribution in [0.5, 0.6) is 0 Å². The van der Waals surface area contributed by atoms with E-state index in [-0.39, 0.29) is 5.41 Å². The summed E-state index contributed by atoms with van der Waals surface area (Å²) in [4.78, 5) is 13.8. The van der Waals surface area contributed by atoms with E-state index in [9.17, 15) is 0 Å². The monoisotopic (exact) mass is 1610 g/mol. The quantitative estimate of drug-likeness (QED) is 0.154. The molecule has 1 aliphatic carbocycles. The van der Waals surface area contributed by atoms with Gasteiger partial charge in [-0.2, -0.15) is 0 Å². The summed E-state index contributed by atoms with van der Waals surface area (Å²) in [6, 6.07) is 126. The van der Waals surface area contributed by atoms with Crippen LogP contribution in [-0.2, 0) is 5.41 Å². The van der Waals surface area contributed by atoms with E-state index >= 15 is 0 Å². The molecule has 0 N–H and O–H groups in total. The molecule has 15 aromatic carbocycles. The summed E-state index contributed by atoms with van der Waals surface area (Å²) in [5, 5.41) is 16.9. The number of para-hydroxylation sites is 6. The first-order chi connectivity index (χ1) is 60.2. The Hall–Kier alpha value is -15.0. The summed E-state index contributed by atoms with van der Waals surface area (Å²) < 4.78 is 25.4. The molecule has 11 heteroatoms. The first-order valence-electron chi connectivity index (χ1n) is 42.4.